The lowest BCUT2D eigenvalue weighted by atomic mass is 10.2. The topological polar surface area (TPSA) is 29.1 Å². The Balaban J connectivity index is 3.66. The molecule has 0 bridgehead atoms. The van der Waals surface area contributed by atoms with Crippen molar-refractivity contribution in [2.75, 3.05) is 5.88 Å². The van der Waals surface area contributed by atoms with Crippen LogP contribution in [0.2, 0.25) is 0 Å². The van der Waals surface area contributed by atoms with Gasteiger partial charge in [-0.3, -0.25) is 4.79 Å². The molecule has 0 aliphatic rings. The monoisotopic (exact) mass is 159 g/mol. The normalized spacial score (nSPS) is 11.7. The first-order valence-electron chi connectivity index (χ1n) is 3.06. The second-order valence-corrected chi connectivity index (χ2v) is 2.10. The van der Waals surface area contributed by atoms with E-state index >= 15 is 0 Å². The van der Waals surface area contributed by atoms with E-state index in [0.29, 0.717) is 0 Å². The van der Waals surface area contributed by atoms with E-state index < -0.39 is 0 Å². The number of nitrogens with one attached hydrogen (secondary N) is 1. The van der Waals surface area contributed by atoms with Gasteiger partial charge in [0.05, 0.1) is 6.04 Å². The average Bonchev–Trinajstić information content (AvgIpc) is 1.99. The molecule has 0 spiro atoms. The van der Waals surface area contributed by atoms with Crippen LogP contribution in [0, 0.1) is 12.3 Å². The zero-order valence-electron chi connectivity index (χ0n) is 5.86. The number of carbonyl (C=O) groups excluding carboxylic acids is 1. The number of hydrogen-bond donors (Lipinski definition) is 1. The third-order valence-electron chi connectivity index (χ3n) is 1.07. The van der Waals surface area contributed by atoms with Crippen molar-refractivity contribution in [3.8, 4) is 12.3 Å². The molecule has 0 heterocycles. The molecule has 10 heavy (non-hydrogen) atoms. The fraction of sp³-hybridized carbons (Fsp3) is 0.571. The van der Waals surface area contributed by atoms with Gasteiger partial charge in [0, 0.05) is 0 Å². The Hall–Kier alpha value is -0.680. The zero-order chi connectivity index (χ0) is 7.98. The van der Waals surface area contributed by atoms with Crippen molar-refractivity contribution in [1.29, 1.82) is 0 Å². The molecule has 0 aliphatic carbocycles. The maximum absolute atomic E-state index is 10.6. The molecule has 0 aromatic heterocycles. The summed E-state index contributed by atoms with van der Waals surface area (Å²) >= 11 is 5.23. The number of alkyl halides is 1. The summed E-state index contributed by atoms with van der Waals surface area (Å²) in [5.41, 5.74) is 0. The summed E-state index contributed by atoms with van der Waals surface area (Å²) < 4.78 is 0. The van der Waals surface area contributed by atoms with E-state index in [-0.39, 0.29) is 17.8 Å². The van der Waals surface area contributed by atoms with Crippen LogP contribution in [0.4, 0.5) is 0 Å². The van der Waals surface area contributed by atoms with Crippen LogP contribution in [0.1, 0.15) is 13.3 Å². The Kier molecular flexibility index (Phi) is 4.78. The van der Waals surface area contributed by atoms with Crippen LogP contribution in [0.15, 0.2) is 0 Å². The third-order valence-corrected chi connectivity index (χ3v) is 1.31. The van der Waals surface area contributed by atoms with Crippen molar-refractivity contribution in [2.45, 2.75) is 19.4 Å². The maximum atomic E-state index is 10.6. The van der Waals surface area contributed by atoms with E-state index in [9.17, 15) is 4.79 Å². The van der Waals surface area contributed by atoms with Gasteiger partial charge in [-0.15, -0.1) is 18.0 Å². The highest BCUT2D eigenvalue weighted by Crippen LogP contribution is 1.87. The molecule has 0 aromatic rings. The molecule has 0 saturated heterocycles. The van der Waals surface area contributed by atoms with Gasteiger partial charge in [-0.25, -0.2) is 0 Å². The number of hydrogen-bond acceptors (Lipinski definition) is 1. The number of halogens is 1. The summed E-state index contributed by atoms with van der Waals surface area (Å²) in [5, 5.41) is 2.56. The van der Waals surface area contributed by atoms with Gasteiger partial charge in [-0.1, -0.05) is 12.8 Å². The van der Waals surface area contributed by atoms with Gasteiger partial charge in [0.15, 0.2) is 0 Å². The molecule has 0 aliphatic heterocycles. The average molecular weight is 160 g/mol. The van der Waals surface area contributed by atoms with Gasteiger partial charge >= 0.3 is 0 Å². The standard InChI is InChI=1S/C7H10ClNO/c1-3-6(4-2)9-7(10)5-8/h1,6H,4-5H2,2H3,(H,9,10). The molecule has 3 heteroatoms. The minimum absolute atomic E-state index is 0.0296. The molecule has 1 atom stereocenters. The van der Waals surface area contributed by atoms with Gasteiger partial charge in [0.1, 0.15) is 5.88 Å². The number of terminal acetylenes is 1. The van der Waals surface area contributed by atoms with Crippen molar-refractivity contribution < 1.29 is 4.79 Å². The highest BCUT2D eigenvalue weighted by Gasteiger charge is 2.04. The second kappa shape index (κ2) is 5.13. The number of rotatable bonds is 3. The van der Waals surface area contributed by atoms with Gasteiger partial charge in [0.25, 0.3) is 0 Å². The van der Waals surface area contributed by atoms with E-state index in [2.05, 4.69) is 11.2 Å². The molecule has 1 amide bonds. The maximum Gasteiger partial charge on any atom is 0.235 e. The molecule has 0 fully saturated rings. The molecule has 0 radical (unpaired) electrons. The number of amides is 1. The summed E-state index contributed by atoms with van der Waals surface area (Å²) in [5.74, 6) is 2.18. The predicted octanol–water partition coefficient (Wildman–Crippen LogP) is 0.753. The quantitative estimate of drug-likeness (QED) is 0.478. The van der Waals surface area contributed by atoms with Gasteiger partial charge in [-0.2, -0.15) is 0 Å². The molecule has 0 rings (SSSR count). The largest absolute Gasteiger partial charge is 0.341 e. The van der Waals surface area contributed by atoms with Crippen molar-refractivity contribution in [3.05, 3.63) is 0 Å². The second-order valence-electron chi connectivity index (χ2n) is 1.83. The lowest BCUT2D eigenvalue weighted by Crippen LogP contribution is -2.33. The molecular weight excluding hydrogens is 150 g/mol. The van der Waals surface area contributed by atoms with Gasteiger partial charge < -0.3 is 5.32 Å². The van der Waals surface area contributed by atoms with Crippen LogP contribution in [-0.4, -0.2) is 17.8 Å². The number of carbonyl (C=O) groups is 1. The third kappa shape index (κ3) is 3.37. The van der Waals surface area contributed by atoms with Crippen LogP contribution in [-0.2, 0) is 4.79 Å². The minimum Gasteiger partial charge on any atom is -0.341 e. The lowest BCUT2D eigenvalue weighted by Gasteiger charge is -2.07. The van der Waals surface area contributed by atoms with Crippen LogP contribution < -0.4 is 5.32 Å². The van der Waals surface area contributed by atoms with E-state index in [0.717, 1.165) is 6.42 Å². The van der Waals surface area contributed by atoms with Crippen LogP contribution in [0.3, 0.4) is 0 Å². The SMILES string of the molecule is C#CC(CC)NC(=O)CCl. The van der Waals surface area contributed by atoms with Crippen molar-refractivity contribution in [3.63, 3.8) is 0 Å². The first kappa shape index (κ1) is 9.32. The fourth-order valence-corrected chi connectivity index (χ4v) is 0.572. The van der Waals surface area contributed by atoms with E-state index in [1.807, 2.05) is 6.92 Å². The Morgan fingerprint density at radius 3 is 2.80 bits per heavy atom. The predicted molar refractivity (Wildman–Crippen MR) is 41.8 cm³/mol. The first-order valence-corrected chi connectivity index (χ1v) is 3.59. The lowest BCUT2D eigenvalue weighted by molar-refractivity contribution is -0.119. The summed E-state index contributed by atoms with van der Waals surface area (Å²) in [6, 6.07) is -0.175. The highest BCUT2D eigenvalue weighted by atomic mass is 35.5. The van der Waals surface area contributed by atoms with E-state index in [1.54, 1.807) is 0 Å². The Morgan fingerprint density at radius 2 is 2.50 bits per heavy atom. The van der Waals surface area contributed by atoms with Crippen LogP contribution >= 0.6 is 11.6 Å². The summed E-state index contributed by atoms with van der Waals surface area (Å²) in [7, 11) is 0. The molecule has 2 nitrogen and oxygen atoms in total. The van der Waals surface area contributed by atoms with Crippen molar-refractivity contribution >= 4 is 17.5 Å². The van der Waals surface area contributed by atoms with Crippen molar-refractivity contribution in [1.82, 2.24) is 5.32 Å². The summed E-state index contributed by atoms with van der Waals surface area (Å²) in [6.07, 6.45) is 5.81. The molecule has 0 saturated carbocycles. The Labute approximate surface area is 65.9 Å². The van der Waals surface area contributed by atoms with Crippen LogP contribution in [0.5, 0.6) is 0 Å². The van der Waals surface area contributed by atoms with Crippen LogP contribution in [0.25, 0.3) is 0 Å². The minimum atomic E-state index is -0.216. The molecule has 1 unspecified atom stereocenters. The van der Waals surface area contributed by atoms with Gasteiger partial charge in [-0.05, 0) is 6.42 Å². The zero-order valence-corrected chi connectivity index (χ0v) is 6.61. The molecule has 1 N–H and O–H groups in total. The van der Waals surface area contributed by atoms with Crippen molar-refractivity contribution in [2.24, 2.45) is 0 Å². The highest BCUT2D eigenvalue weighted by molar-refractivity contribution is 6.27. The fourth-order valence-electron chi connectivity index (χ4n) is 0.494. The smallest absolute Gasteiger partial charge is 0.235 e. The summed E-state index contributed by atoms with van der Waals surface area (Å²) in [6.45, 7) is 1.90. The summed E-state index contributed by atoms with van der Waals surface area (Å²) in [4.78, 5) is 10.6. The van der Waals surface area contributed by atoms with Gasteiger partial charge in [0.2, 0.25) is 5.91 Å². The molecule has 0 aromatic carbocycles. The Morgan fingerprint density at radius 1 is 1.90 bits per heavy atom. The van der Waals surface area contributed by atoms with E-state index in [1.165, 1.54) is 0 Å². The molecular formula is C7H10ClNO. The first-order chi connectivity index (χ1) is 4.74. The van der Waals surface area contributed by atoms with E-state index in [4.69, 9.17) is 18.0 Å². The Bertz CT molecular complexity index is 150. The molecule has 56 valence electrons.